The second kappa shape index (κ2) is 12.7. The average Bonchev–Trinajstić information content (AvgIpc) is 2.30. The molecule has 16 heavy (non-hydrogen) atoms. The van der Waals surface area contributed by atoms with Gasteiger partial charge in [-0.3, -0.25) is 0 Å². The lowest BCUT2D eigenvalue weighted by atomic mass is 9.92. The minimum Gasteiger partial charge on any atom is -0.303 e. The van der Waals surface area contributed by atoms with Crippen molar-refractivity contribution in [1.82, 2.24) is 0 Å². The van der Waals surface area contributed by atoms with Gasteiger partial charge in [0.05, 0.1) is 0 Å². The fourth-order valence-electron chi connectivity index (χ4n) is 2.36. The van der Waals surface area contributed by atoms with Crippen LogP contribution in [0.5, 0.6) is 0 Å². The predicted molar refractivity (Wildman–Crippen MR) is 71.7 cm³/mol. The lowest BCUT2D eigenvalue weighted by Crippen LogP contribution is -2.00. The lowest BCUT2D eigenvalue weighted by Gasteiger charge is -2.14. The Morgan fingerprint density at radius 3 is 2.12 bits per heavy atom. The summed E-state index contributed by atoms with van der Waals surface area (Å²) < 4.78 is 0. The van der Waals surface area contributed by atoms with Crippen molar-refractivity contribution in [2.75, 3.05) is 0 Å². The van der Waals surface area contributed by atoms with Gasteiger partial charge in [0.15, 0.2) is 0 Å². The quantitative estimate of drug-likeness (QED) is 0.333. The van der Waals surface area contributed by atoms with Crippen LogP contribution in [0.4, 0.5) is 0 Å². The van der Waals surface area contributed by atoms with Crippen LogP contribution in [0.2, 0.25) is 0 Å². The Bertz CT molecular complexity index is 142. The summed E-state index contributed by atoms with van der Waals surface area (Å²) in [6.07, 6.45) is 15.2. The molecule has 0 aliphatic rings. The molecule has 0 aromatic carbocycles. The molecule has 0 fully saturated rings. The van der Waals surface area contributed by atoms with E-state index in [9.17, 15) is 4.79 Å². The maximum atomic E-state index is 10.4. The van der Waals surface area contributed by atoms with Gasteiger partial charge in [0.2, 0.25) is 0 Å². The van der Waals surface area contributed by atoms with Crippen LogP contribution in [0.15, 0.2) is 0 Å². The number of aldehydes is 1. The van der Waals surface area contributed by atoms with Crippen LogP contribution in [0.1, 0.15) is 84.5 Å². The summed E-state index contributed by atoms with van der Waals surface area (Å²) in [4.78, 5) is 10.4. The van der Waals surface area contributed by atoms with E-state index in [1.165, 1.54) is 57.8 Å². The molecule has 0 aromatic rings. The van der Waals surface area contributed by atoms with E-state index >= 15 is 0 Å². The third-order valence-electron chi connectivity index (χ3n) is 3.36. The van der Waals surface area contributed by atoms with E-state index in [1.54, 1.807) is 0 Å². The Labute approximate surface area is 102 Å². The fourth-order valence-corrected chi connectivity index (χ4v) is 2.36. The maximum absolute atomic E-state index is 10.4. The van der Waals surface area contributed by atoms with E-state index in [1.807, 2.05) is 0 Å². The molecular formula is C15H30O. The van der Waals surface area contributed by atoms with Crippen molar-refractivity contribution >= 4 is 6.29 Å². The van der Waals surface area contributed by atoms with E-state index < -0.39 is 0 Å². The monoisotopic (exact) mass is 226 g/mol. The van der Waals surface area contributed by atoms with E-state index in [2.05, 4.69) is 13.8 Å². The smallest absolute Gasteiger partial charge is 0.120 e. The van der Waals surface area contributed by atoms with Crippen molar-refractivity contribution in [3.63, 3.8) is 0 Å². The van der Waals surface area contributed by atoms with Gasteiger partial charge in [-0.05, 0) is 12.3 Å². The highest BCUT2D eigenvalue weighted by molar-refractivity contribution is 5.49. The molecule has 0 heterocycles. The van der Waals surface area contributed by atoms with Gasteiger partial charge in [0, 0.05) is 6.42 Å². The van der Waals surface area contributed by atoms with Gasteiger partial charge < -0.3 is 4.79 Å². The molecule has 96 valence electrons. The summed E-state index contributed by atoms with van der Waals surface area (Å²) in [6, 6.07) is 0. The van der Waals surface area contributed by atoms with Gasteiger partial charge in [-0.25, -0.2) is 0 Å². The zero-order valence-electron chi connectivity index (χ0n) is 11.3. The summed E-state index contributed by atoms with van der Waals surface area (Å²) in [6.45, 7) is 4.51. The lowest BCUT2D eigenvalue weighted by molar-refractivity contribution is -0.108. The second-order valence-electron chi connectivity index (χ2n) is 4.96. The Hall–Kier alpha value is -0.330. The molecule has 0 aromatic heterocycles. The molecule has 0 N–H and O–H groups in total. The summed E-state index contributed by atoms with van der Waals surface area (Å²) in [5, 5.41) is 0. The second-order valence-corrected chi connectivity index (χ2v) is 4.96. The first kappa shape index (κ1) is 15.7. The van der Waals surface area contributed by atoms with Crippen LogP contribution in [0.25, 0.3) is 0 Å². The van der Waals surface area contributed by atoms with Crippen molar-refractivity contribution in [3.8, 4) is 0 Å². The van der Waals surface area contributed by atoms with Gasteiger partial charge in [-0.2, -0.15) is 0 Å². The predicted octanol–water partition coefficient (Wildman–Crippen LogP) is 5.13. The number of unbranched alkanes of at least 4 members (excludes halogenated alkanes) is 5. The topological polar surface area (TPSA) is 17.1 Å². The molecule has 0 amide bonds. The van der Waals surface area contributed by atoms with Gasteiger partial charge in [-0.1, -0.05) is 71.6 Å². The van der Waals surface area contributed by atoms with E-state index in [0.29, 0.717) is 0 Å². The SMILES string of the molecule is CCCCCCCCC(CCC)CCC=O. The molecule has 0 saturated heterocycles. The van der Waals surface area contributed by atoms with Gasteiger partial charge >= 0.3 is 0 Å². The van der Waals surface area contributed by atoms with Crippen molar-refractivity contribution < 1.29 is 4.79 Å². The molecule has 0 aliphatic heterocycles. The molecule has 0 spiro atoms. The molecule has 1 nitrogen and oxygen atoms in total. The standard InChI is InChI=1S/C15H30O/c1-3-5-6-7-8-9-12-15(11-4-2)13-10-14-16/h14-15H,3-13H2,1-2H3. The Kier molecular flexibility index (Phi) is 12.5. The van der Waals surface area contributed by atoms with E-state index in [4.69, 9.17) is 0 Å². The average molecular weight is 226 g/mol. The number of hydrogen-bond donors (Lipinski definition) is 0. The molecular weight excluding hydrogens is 196 g/mol. The van der Waals surface area contributed by atoms with Gasteiger partial charge in [0.1, 0.15) is 6.29 Å². The van der Waals surface area contributed by atoms with E-state index in [0.717, 1.165) is 25.0 Å². The number of carbonyl (C=O) groups is 1. The van der Waals surface area contributed by atoms with Gasteiger partial charge in [0.25, 0.3) is 0 Å². The summed E-state index contributed by atoms with van der Waals surface area (Å²) in [5.41, 5.74) is 0. The van der Waals surface area contributed by atoms with Gasteiger partial charge in [-0.15, -0.1) is 0 Å². The Morgan fingerprint density at radius 1 is 0.812 bits per heavy atom. The Balaban J connectivity index is 3.39. The number of carbonyl (C=O) groups excluding carboxylic acids is 1. The molecule has 1 heteroatoms. The number of rotatable bonds is 12. The first-order chi connectivity index (χ1) is 7.85. The maximum Gasteiger partial charge on any atom is 0.120 e. The van der Waals surface area contributed by atoms with Crippen LogP contribution < -0.4 is 0 Å². The molecule has 0 saturated carbocycles. The van der Waals surface area contributed by atoms with E-state index in [-0.39, 0.29) is 0 Å². The van der Waals surface area contributed by atoms with Crippen LogP contribution in [0.3, 0.4) is 0 Å². The Morgan fingerprint density at radius 2 is 1.50 bits per heavy atom. The summed E-state index contributed by atoms with van der Waals surface area (Å²) in [7, 11) is 0. The first-order valence-corrected chi connectivity index (χ1v) is 7.28. The number of hydrogen-bond acceptors (Lipinski definition) is 1. The molecule has 0 rings (SSSR count). The highest BCUT2D eigenvalue weighted by Gasteiger charge is 2.06. The normalized spacial score (nSPS) is 12.6. The van der Waals surface area contributed by atoms with Crippen molar-refractivity contribution in [3.05, 3.63) is 0 Å². The van der Waals surface area contributed by atoms with Crippen molar-refractivity contribution in [2.45, 2.75) is 84.5 Å². The van der Waals surface area contributed by atoms with Crippen LogP contribution in [0, 0.1) is 5.92 Å². The van der Waals surface area contributed by atoms with Crippen molar-refractivity contribution in [2.24, 2.45) is 5.92 Å². The largest absolute Gasteiger partial charge is 0.303 e. The minimum absolute atomic E-state index is 0.764. The van der Waals surface area contributed by atoms with Crippen LogP contribution >= 0.6 is 0 Å². The van der Waals surface area contributed by atoms with Crippen molar-refractivity contribution in [1.29, 1.82) is 0 Å². The highest BCUT2D eigenvalue weighted by Crippen LogP contribution is 2.20. The summed E-state index contributed by atoms with van der Waals surface area (Å²) >= 11 is 0. The third kappa shape index (κ3) is 10.2. The molecule has 0 aliphatic carbocycles. The minimum atomic E-state index is 0.764. The van der Waals surface area contributed by atoms with Crippen LogP contribution in [-0.4, -0.2) is 6.29 Å². The summed E-state index contributed by atoms with van der Waals surface area (Å²) in [5.74, 6) is 0.807. The molecule has 1 unspecified atom stereocenters. The van der Waals surface area contributed by atoms with Crippen LogP contribution in [-0.2, 0) is 4.79 Å². The molecule has 0 radical (unpaired) electrons. The fraction of sp³-hybridized carbons (Fsp3) is 0.933. The molecule has 0 bridgehead atoms. The third-order valence-corrected chi connectivity index (χ3v) is 3.36. The zero-order chi connectivity index (χ0) is 12.1. The first-order valence-electron chi connectivity index (χ1n) is 7.28. The zero-order valence-corrected chi connectivity index (χ0v) is 11.3. The highest BCUT2D eigenvalue weighted by atomic mass is 16.1. The molecule has 1 atom stereocenters.